The molecule has 0 aromatic heterocycles. The summed E-state index contributed by atoms with van der Waals surface area (Å²) in [5.41, 5.74) is 0. The van der Waals surface area contributed by atoms with E-state index in [9.17, 15) is 4.79 Å². The highest BCUT2D eigenvalue weighted by Crippen LogP contribution is 2.21. The minimum atomic E-state index is -0.0839. The standard InChI is InChI=1S/C11H15ClN2O/c1-13-8-14-7-3-2-4-10(14)11(15)9(13)5-6-12/h2-4,7,9-10H,5-6,8H2,1H3/t9-,10-/m1/s1. The number of rotatable bonds is 2. The quantitative estimate of drug-likeness (QED) is 0.662. The molecule has 2 heterocycles. The number of hydrogen-bond donors (Lipinski definition) is 0. The maximum Gasteiger partial charge on any atom is 0.176 e. The lowest BCUT2D eigenvalue weighted by atomic mass is 9.96. The van der Waals surface area contributed by atoms with Crippen LogP contribution in [0.3, 0.4) is 0 Å². The Morgan fingerprint density at radius 1 is 1.53 bits per heavy atom. The van der Waals surface area contributed by atoms with Gasteiger partial charge in [0.15, 0.2) is 5.78 Å². The van der Waals surface area contributed by atoms with Crippen LogP contribution in [-0.2, 0) is 4.79 Å². The molecular weight excluding hydrogens is 212 g/mol. The van der Waals surface area contributed by atoms with Crippen molar-refractivity contribution in [2.45, 2.75) is 18.5 Å². The molecule has 0 aliphatic carbocycles. The Morgan fingerprint density at radius 3 is 3.07 bits per heavy atom. The van der Waals surface area contributed by atoms with E-state index in [4.69, 9.17) is 11.6 Å². The van der Waals surface area contributed by atoms with E-state index in [1.54, 1.807) is 0 Å². The van der Waals surface area contributed by atoms with Gasteiger partial charge in [0.1, 0.15) is 6.04 Å². The minimum absolute atomic E-state index is 0.0279. The van der Waals surface area contributed by atoms with Gasteiger partial charge in [0.25, 0.3) is 0 Å². The third-order valence-electron chi connectivity index (χ3n) is 2.96. The highest BCUT2D eigenvalue weighted by molar-refractivity contribution is 6.18. The monoisotopic (exact) mass is 226 g/mol. The molecule has 0 unspecified atom stereocenters. The molecule has 0 aromatic carbocycles. The van der Waals surface area contributed by atoms with Crippen LogP contribution in [0.4, 0.5) is 0 Å². The number of halogens is 1. The summed E-state index contributed by atoms with van der Waals surface area (Å²) >= 11 is 5.72. The van der Waals surface area contributed by atoms with Crippen molar-refractivity contribution < 1.29 is 4.79 Å². The Hall–Kier alpha value is -0.800. The highest BCUT2D eigenvalue weighted by Gasteiger charge is 2.36. The van der Waals surface area contributed by atoms with Crippen LogP contribution in [0.1, 0.15) is 6.42 Å². The van der Waals surface area contributed by atoms with Gasteiger partial charge in [-0.15, -0.1) is 11.6 Å². The first-order chi connectivity index (χ1) is 7.24. The summed E-state index contributed by atoms with van der Waals surface area (Å²) in [7, 11) is 1.97. The summed E-state index contributed by atoms with van der Waals surface area (Å²) in [4.78, 5) is 16.2. The number of ketones is 1. The molecule has 0 bridgehead atoms. The number of Topliss-reactive ketones (excluding diaryl/α,β-unsaturated/α-hetero) is 1. The van der Waals surface area contributed by atoms with Crippen molar-refractivity contribution in [1.82, 2.24) is 9.80 Å². The van der Waals surface area contributed by atoms with Crippen molar-refractivity contribution in [3.63, 3.8) is 0 Å². The normalized spacial score (nSPS) is 30.8. The second kappa shape index (κ2) is 4.37. The van der Waals surface area contributed by atoms with E-state index >= 15 is 0 Å². The Bertz CT molecular complexity index is 314. The summed E-state index contributed by atoms with van der Waals surface area (Å²) in [6.07, 6.45) is 8.55. The van der Waals surface area contributed by atoms with Crippen LogP contribution in [0.2, 0.25) is 0 Å². The number of carbonyl (C=O) groups is 1. The van der Waals surface area contributed by atoms with Gasteiger partial charge in [-0.2, -0.15) is 0 Å². The molecule has 0 spiro atoms. The number of fused-ring (bicyclic) bond motifs is 1. The van der Waals surface area contributed by atoms with Gasteiger partial charge < -0.3 is 4.90 Å². The second-order valence-electron chi connectivity index (χ2n) is 3.98. The van der Waals surface area contributed by atoms with E-state index in [0.29, 0.717) is 5.88 Å². The van der Waals surface area contributed by atoms with E-state index < -0.39 is 0 Å². The maximum absolute atomic E-state index is 12.1. The van der Waals surface area contributed by atoms with Crippen molar-refractivity contribution in [2.24, 2.45) is 0 Å². The Labute approximate surface area is 95.0 Å². The zero-order chi connectivity index (χ0) is 10.8. The first-order valence-electron chi connectivity index (χ1n) is 5.14. The fourth-order valence-corrected chi connectivity index (χ4v) is 2.37. The number of likely N-dealkylation sites (N-methyl/N-ethyl adjacent to an activating group) is 1. The smallest absolute Gasteiger partial charge is 0.176 e. The van der Waals surface area contributed by atoms with E-state index in [1.807, 2.05) is 36.4 Å². The topological polar surface area (TPSA) is 23.6 Å². The molecule has 2 aliphatic rings. The number of carbonyl (C=O) groups excluding carboxylic acids is 1. The van der Waals surface area contributed by atoms with Gasteiger partial charge in [-0.3, -0.25) is 9.69 Å². The molecular formula is C11H15ClN2O. The molecule has 0 saturated carbocycles. The zero-order valence-corrected chi connectivity index (χ0v) is 9.52. The molecule has 15 heavy (non-hydrogen) atoms. The summed E-state index contributed by atoms with van der Waals surface area (Å²) in [6.45, 7) is 0.790. The summed E-state index contributed by atoms with van der Waals surface area (Å²) in [6, 6.07) is -0.112. The van der Waals surface area contributed by atoms with Gasteiger partial charge in [0, 0.05) is 12.1 Å². The third-order valence-corrected chi connectivity index (χ3v) is 3.18. The van der Waals surface area contributed by atoms with Crippen LogP contribution >= 0.6 is 11.6 Å². The van der Waals surface area contributed by atoms with Gasteiger partial charge in [0.2, 0.25) is 0 Å². The molecule has 4 heteroatoms. The lowest BCUT2D eigenvalue weighted by molar-refractivity contribution is -0.133. The van der Waals surface area contributed by atoms with Gasteiger partial charge in [0.05, 0.1) is 12.7 Å². The van der Waals surface area contributed by atoms with Gasteiger partial charge in [-0.05, 0) is 19.5 Å². The molecule has 2 rings (SSSR count). The summed E-state index contributed by atoms with van der Waals surface area (Å²) < 4.78 is 0. The van der Waals surface area contributed by atoms with Gasteiger partial charge in [-0.25, -0.2) is 0 Å². The van der Waals surface area contributed by atoms with Crippen molar-refractivity contribution in [2.75, 3.05) is 19.6 Å². The molecule has 2 aliphatic heterocycles. The van der Waals surface area contributed by atoms with Crippen molar-refractivity contribution in [3.8, 4) is 0 Å². The number of nitrogens with zero attached hydrogens (tertiary/aromatic N) is 2. The van der Waals surface area contributed by atoms with E-state index in [-0.39, 0.29) is 17.9 Å². The van der Waals surface area contributed by atoms with Crippen LogP contribution in [-0.4, -0.2) is 47.3 Å². The molecule has 3 nitrogen and oxygen atoms in total. The average Bonchev–Trinajstić information content (AvgIpc) is 2.24. The Morgan fingerprint density at radius 2 is 2.33 bits per heavy atom. The number of hydrogen-bond acceptors (Lipinski definition) is 3. The van der Waals surface area contributed by atoms with Crippen LogP contribution in [0.15, 0.2) is 24.4 Å². The predicted molar refractivity (Wildman–Crippen MR) is 60.7 cm³/mol. The first kappa shape index (κ1) is 10.7. The van der Waals surface area contributed by atoms with Gasteiger partial charge >= 0.3 is 0 Å². The maximum atomic E-state index is 12.1. The fourth-order valence-electron chi connectivity index (χ4n) is 2.16. The van der Waals surface area contributed by atoms with Crippen LogP contribution < -0.4 is 0 Å². The molecule has 0 N–H and O–H groups in total. The Balaban J connectivity index is 2.16. The van der Waals surface area contributed by atoms with Crippen molar-refractivity contribution in [1.29, 1.82) is 0 Å². The summed E-state index contributed by atoms with van der Waals surface area (Å²) in [5.74, 6) is 0.789. The van der Waals surface area contributed by atoms with Crippen LogP contribution in [0, 0.1) is 0 Å². The number of allylic oxidation sites excluding steroid dienone is 2. The molecule has 0 amide bonds. The fraction of sp³-hybridized carbons (Fsp3) is 0.545. The third kappa shape index (κ3) is 1.94. The minimum Gasteiger partial charge on any atom is -0.351 e. The highest BCUT2D eigenvalue weighted by atomic mass is 35.5. The van der Waals surface area contributed by atoms with E-state index in [2.05, 4.69) is 4.90 Å². The molecule has 1 saturated heterocycles. The predicted octanol–water partition coefficient (Wildman–Crippen LogP) is 1.21. The first-order valence-corrected chi connectivity index (χ1v) is 5.68. The molecule has 0 radical (unpaired) electrons. The molecule has 1 fully saturated rings. The van der Waals surface area contributed by atoms with Crippen molar-refractivity contribution in [3.05, 3.63) is 24.4 Å². The van der Waals surface area contributed by atoms with E-state index in [1.165, 1.54) is 0 Å². The van der Waals surface area contributed by atoms with Gasteiger partial charge in [-0.1, -0.05) is 12.2 Å². The lowest BCUT2D eigenvalue weighted by Crippen LogP contribution is -2.58. The average molecular weight is 227 g/mol. The molecule has 2 atom stereocenters. The van der Waals surface area contributed by atoms with Crippen LogP contribution in [0.5, 0.6) is 0 Å². The number of alkyl halides is 1. The van der Waals surface area contributed by atoms with E-state index in [0.717, 1.165) is 13.1 Å². The largest absolute Gasteiger partial charge is 0.351 e. The lowest BCUT2D eigenvalue weighted by Gasteiger charge is -2.43. The molecule has 82 valence electrons. The van der Waals surface area contributed by atoms with Crippen molar-refractivity contribution >= 4 is 17.4 Å². The summed E-state index contributed by atoms with van der Waals surface area (Å²) in [5, 5.41) is 0. The van der Waals surface area contributed by atoms with Crippen LogP contribution in [0.25, 0.3) is 0 Å². The second-order valence-corrected chi connectivity index (χ2v) is 4.36. The Kier molecular flexibility index (Phi) is 3.12. The SMILES string of the molecule is CN1CN2C=CC=C[C@@H]2C(=O)[C@H]1CCCl. The molecule has 0 aromatic rings. The zero-order valence-electron chi connectivity index (χ0n) is 8.77.